The summed E-state index contributed by atoms with van der Waals surface area (Å²) in [7, 11) is 1.51. The molecule has 1 aromatic carbocycles. The lowest BCUT2D eigenvalue weighted by Gasteiger charge is -2.35. The zero-order valence-corrected chi connectivity index (χ0v) is 22.2. The third-order valence-electron chi connectivity index (χ3n) is 6.85. The molecule has 0 spiro atoms. The second-order valence-corrected chi connectivity index (χ2v) is 11.2. The van der Waals surface area contributed by atoms with E-state index in [0.717, 1.165) is 51.7 Å². The molecule has 0 saturated carbocycles. The van der Waals surface area contributed by atoms with Crippen LogP contribution in [0.25, 0.3) is 0 Å². The summed E-state index contributed by atoms with van der Waals surface area (Å²) in [6, 6.07) is 3.34. The van der Waals surface area contributed by atoms with Crippen molar-refractivity contribution in [3.8, 4) is 5.75 Å². The summed E-state index contributed by atoms with van der Waals surface area (Å²) in [5.41, 5.74) is 6.13. The van der Waals surface area contributed by atoms with Crippen LogP contribution < -0.4 is 21.1 Å². The number of amides is 2. The van der Waals surface area contributed by atoms with Crippen molar-refractivity contribution < 1.29 is 19.1 Å². The van der Waals surface area contributed by atoms with Crippen LogP contribution in [-0.4, -0.2) is 61.8 Å². The van der Waals surface area contributed by atoms with Gasteiger partial charge in [-0.3, -0.25) is 4.79 Å². The van der Waals surface area contributed by atoms with Crippen molar-refractivity contribution in [2.75, 3.05) is 39.0 Å². The summed E-state index contributed by atoms with van der Waals surface area (Å²) in [5.74, 6) is 1.41. The molecule has 8 nitrogen and oxygen atoms in total. The highest BCUT2D eigenvalue weighted by Gasteiger charge is 2.29. The number of ether oxygens (including phenoxy) is 2. The molecule has 2 unspecified atom stereocenters. The highest BCUT2D eigenvalue weighted by atomic mass is 35.5. The number of carbonyl (C=O) groups is 2. The summed E-state index contributed by atoms with van der Waals surface area (Å²) in [6.45, 7) is 8.71. The molecule has 4 N–H and O–H groups in total. The molecule has 1 aromatic rings. The van der Waals surface area contributed by atoms with Gasteiger partial charge in [0.05, 0.1) is 23.4 Å². The van der Waals surface area contributed by atoms with Gasteiger partial charge < -0.3 is 30.7 Å². The number of halogens is 1. The minimum absolute atomic E-state index is 0.204. The molecule has 2 heterocycles. The average molecular weight is 509 g/mol. The molecule has 0 aromatic heterocycles. The first kappa shape index (κ1) is 27.4. The molecule has 0 aliphatic carbocycles. The predicted octanol–water partition coefficient (Wildman–Crippen LogP) is 4.46. The number of nitrogens with one attached hydrogen (secondary N) is 2. The van der Waals surface area contributed by atoms with Gasteiger partial charge in [0, 0.05) is 31.7 Å². The van der Waals surface area contributed by atoms with Gasteiger partial charge >= 0.3 is 6.09 Å². The van der Waals surface area contributed by atoms with E-state index in [0.29, 0.717) is 40.4 Å². The van der Waals surface area contributed by atoms with Crippen molar-refractivity contribution >= 4 is 29.3 Å². The smallest absolute Gasteiger partial charge is 0.410 e. The summed E-state index contributed by atoms with van der Waals surface area (Å²) in [5, 5.41) is 6.96. The lowest BCUT2D eigenvalue weighted by molar-refractivity contribution is 0.0174. The number of rotatable bonds is 6. The van der Waals surface area contributed by atoms with Crippen molar-refractivity contribution in [1.29, 1.82) is 0 Å². The van der Waals surface area contributed by atoms with Crippen molar-refractivity contribution in [2.24, 2.45) is 11.8 Å². The highest BCUT2D eigenvalue weighted by Crippen LogP contribution is 2.31. The van der Waals surface area contributed by atoms with E-state index >= 15 is 0 Å². The fourth-order valence-electron chi connectivity index (χ4n) is 5.05. The summed E-state index contributed by atoms with van der Waals surface area (Å²) < 4.78 is 10.8. The van der Waals surface area contributed by atoms with Crippen LogP contribution in [0.15, 0.2) is 12.1 Å². The Balaban J connectivity index is 1.48. The standard InChI is InChI=1S/C26H41ClN4O4/c1-26(2,3)35-25(33)31-10-7-17(8-11-31)12-18-6-5-9-29-19(13-18)16-30-24(32)20-14-21(27)22(28)15-23(20)34-4/h14-15,17-19,29H,5-13,16,28H2,1-4H3,(H,30,32). The maximum atomic E-state index is 12.8. The van der Waals surface area contributed by atoms with Gasteiger partial charge in [0.1, 0.15) is 11.4 Å². The zero-order valence-electron chi connectivity index (χ0n) is 21.5. The molecule has 3 rings (SSSR count). The van der Waals surface area contributed by atoms with E-state index in [2.05, 4.69) is 10.6 Å². The average Bonchev–Trinajstić information content (AvgIpc) is 3.03. The minimum Gasteiger partial charge on any atom is -0.496 e. The zero-order chi connectivity index (χ0) is 25.6. The Morgan fingerprint density at radius 2 is 1.91 bits per heavy atom. The number of nitrogens with two attached hydrogens (primary N) is 1. The minimum atomic E-state index is -0.461. The van der Waals surface area contributed by atoms with Gasteiger partial charge in [-0.1, -0.05) is 11.6 Å². The molecule has 2 aliphatic heterocycles. The monoisotopic (exact) mass is 508 g/mol. The van der Waals surface area contributed by atoms with Crippen LogP contribution in [0.1, 0.15) is 69.7 Å². The van der Waals surface area contributed by atoms with Crippen molar-refractivity contribution in [1.82, 2.24) is 15.5 Å². The molecule has 2 saturated heterocycles. The number of nitrogens with zero attached hydrogens (tertiary/aromatic N) is 1. The molecule has 9 heteroatoms. The first-order valence-corrected chi connectivity index (χ1v) is 13.1. The quantitative estimate of drug-likeness (QED) is 0.490. The second kappa shape index (κ2) is 12.2. The first-order valence-electron chi connectivity index (χ1n) is 12.7. The van der Waals surface area contributed by atoms with E-state index in [4.69, 9.17) is 26.8 Å². The van der Waals surface area contributed by atoms with E-state index < -0.39 is 5.60 Å². The molecular weight excluding hydrogens is 468 g/mol. The number of piperidine rings is 1. The number of hydrogen-bond acceptors (Lipinski definition) is 6. The molecule has 35 heavy (non-hydrogen) atoms. The fourth-order valence-corrected chi connectivity index (χ4v) is 5.21. The van der Waals surface area contributed by atoms with Gasteiger partial charge in [0.2, 0.25) is 0 Å². The maximum Gasteiger partial charge on any atom is 0.410 e. The van der Waals surface area contributed by atoms with E-state index in [1.165, 1.54) is 13.5 Å². The van der Waals surface area contributed by atoms with Gasteiger partial charge in [-0.05, 0) is 83.7 Å². The van der Waals surface area contributed by atoms with Crippen LogP contribution in [0.5, 0.6) is 5.75 Å². The van der Waals surface area contributed by atoms with Crippen LogP contribution in [0.3, 0.4) is 0 Å². The number of benzene rings is 1. The van der Waals surface area contributed by atoms with Crippen molar-refractivity contribution in [3.05, 3.63) is 22.7 Å². The van der Waals surface area contributed by atoms with E-state index in [9.17, 15) is 9.59 Å². The lowest BCUT2D eigenvalue weighted by atomic mass is 9.83. The summed E-state index contributed by atoms with van der Waals surface area (Å²) in [4.78, 5) is 27.0. The Bertz CT molecular complexity index is 881. The molecule has 2 fully saturated rings. The predicted molar refractivity (Wildman–Crippen MR) is 139 cm³/mol. The lowest BCUT2D eigenvalue weighted by Crippen LogP contribution is -2.42. The van der Waals surface area contributed by atoms with Crippen LogP contribution >= 0.6 is 11.6 Å². The Hall–Kier alpha value is -2.19. The highest BCUT2D eigenvalue weighted by molar-refractivity contribution is 6.33. The number of likely N-dealkylation sites (tertiary alicyclic amines) is 1. The third-order valence-corrected chi connectivity index (χ3v) is 7.17. The normalized spacial score (nSPS) is 21.8. The largest absolute Gasteiger partial charge is 0.496 e. The van der Waals surface area contributed by atoms with E-state index in [1.54, 1.807) is 12.1 Å². The number of methoxy groups -OCH3 is 1. The molecule has 0 radical (unpaired) electrons. The fraction of sp³-hybridized carbons (Fsp3) is 0.692. The Kier molecular flexibility index (Phi) is 9.53. The molecule has 2 aliphatic rings. The number of hydrogen-bond donors (Lipinski definition) is 3. The third kappa shape index (κ3) is 8.17. The summed E-state index contributed by atoms with van der Waals surface area (Å²) >= 11 is 6.12. The van der Waals surface area contributed by atoms with E-state index in [-0.39, 0.29) is 18.0 Å². The van der Waals surface area contributed by atoms with Crippen molar-refractivity contribution in [2.45, 2.75) is 70.9 Å². The molecular formula is C26H41ClN4O4. The molecule has 196 valence electrons. The first-order chi connectivity index (χ1) is 16.6. The van der Waals surface area contributed by atoms with Crippen molar-refractivity contribution in [3.63, 3.8) is 0 Å². The molecule has 0 bridgehead atoms. The number of carbonyl (C=O) groups excluding carboxylic acids is 2. The Morgan fingerprint density at radius 3 is 2.57 bits per heavy atom. The molecule has 2 amide bonds. The van der Waals surface area contributed by atoms with Gasteiger partial charge in [0.25, 0.3) is 5.91 Å². The van der Waals surface area contributed by atoms with Crippen LogP contribution in [0, 0.1) is 11.8 Å². The maximum absolute atomic E-state index is 12.8. The Labute approximate surface area is 214 Å². The van der Waals surface area contributed by atoms with Crippen LogP contribution in [0.2, 0.25) is 5.02 Å². The second-order valence-electron chi connectivity index (χ2n) is 10.8. The topological polar surface area (TPSA) is 106 Å². The van der Waals surface area contributed by atoms with Gasteiger partial charge in [-0.15, -0.1) is 0 Å². The molecule has 2 atom stereocenters. The van der Waals surface area contributed by atoms with E-state index in [1.807, 2.05) is 25.7 Å². The Morgan fingerprint density at radius 1 is 1.20 bits per heavy atom. The SMILES string of the molecule is COc1cc(N)c(Cl)cc1C(=O)NCC1CC(CC2CCN(C(=O)OC(C)(C)C)CC2)CCCN1. The number of nitrogen functional groups attached to an aromatic ring is 1. The van der Waals surface area contributed by atoms with Gasteiger partial charge in [-0.25, -0.2) is 4.79 Å². The number of anilines is 1. The summed E-state index contributed by atoms with van der Waals surface area (Å²) in [6.07, 6.45) is 6.33. The van der Waals surface area contributed by atoms with Crippen LogP contribution in [-0.2, 0) is 4.74 Å². The van der Waals surface area contributed by atoms with Gasteiger partial charge in [-0.2, -0.15) is 0 Å². The van der Waals surface area contributed by atoms with Gasteiger partial charge in [0.15, 0.2) is 0 Å². The van der Waals surface area contributed by atoms with Crippen LogP contribution in [0.4, 0.5) is 10.5 Å².